The Morgan fingerprint density at radius 3 is 2.60 bits per heavy atom. The van der Waals surface area contributed by atoms with Gasteiger partial charge in [-0.2, -0.15) is 8.78 Å². The van der Waals surface area contributed by atoms with E-state index in [0.717, 1.165) is 6.54 Å². The number of halogens is 2. The van der Waals surface area contributed by atoms with E-state index in [-0.39, 0.29) is 11.7 Å². The van der Waals surface area contributed by atoms with E-state index in [9.17, 15) is 8.78 Å². The van der Waals surface area contributed by atoms with Crippen molar-refractivity contribution in [3.8, 4) is 0 Å². The van der Waals surface area contributed by atoms with Crippen LogP contribution in [-0.4, -0.2) is 19.2 Å². The van der Waals surface area contributed by atoms with Gasteiger partial charge in [0.1, 0.15) is 0 Å². The topological polar surface area (TPSA) is 21.3 Å². The first kappa shape index (κ1) is 10.5. The lowest BCUT2D eigenvalue weighted by atomic mass is 10.2. The van der Waals surface area contributed by atoms with Crippen molar-refractivity contribution in [1.29, 1.82) is 0 Å². The highest BCUT2D eigenvalue weighted by Crippen LogP contribution is 2.31. The van der Waals surface area contributed by atoms with Crippen molar-refractivity contribution < 1.29 is 13.5 Å². The number of hydrogen-bond donors (Lipinski definition) is 1. The first-order valence-electron chi connectivity index (χ1n) is 5.00. The van der Waals surface area contributed by atoms with E-state index in [1.54, 1.807) is 18.2 Å². The van der Waals surface area contributed by atoms with Crippen LogP contribution in [0.4, 0.5) is 8.78 Å². The van der Waals surface area contributed by atoms with Crippen molar-refractivity contribution in [3.63, 3.8) is 0 Å². The third-order valence-electron chi connectivity index (χ3n) is 2.44. The molecule has 0 saturated carbocycles. The van der Waals surface area contributed by atoms with Crippen LogP contribution in [0.25, 0.3) is 0 Å². The Balaban J connectivity index is 2.05. The molecule has 1 aromatic rings. The van der Waals surface area contributed by atoms with Crippen LogP contribution in [0.1, 0.15) is 12.0 Å². The highest BCUT2D eigenvalue weighted by Gasteiger charge is 2.36. The minimum atomic E-state index is -3.18. The second-order valence-corrected chi connectivity index (χ2v) is 3.62. The minimum absolute atomic E-state index is 0.0862. The highest BCUT2D eigenvalue weighted by atomic mass is 19.3. The fourth-order valence-corrected chi connectivity index (χ4v) is 1.64. The fourth-order valence-electron chi connectivity index (χ4n) is 1.64. The Morgan fingerprint density at radius 1 is 1.27 bits per heavy atom. The summed E-state index contributed by atoms with van der Waals surface area (Å²) in [5.41, 5.74) is -0.0862. The summed E-state index contributed by atoms with van der Waals surface area (Å²) in [5, 5.41) is 2.99. The van der Waals surface area contributed by atoms with Gasteiger partial charge in [-0.1, -0.05) is 30.3 Å². The van der Waals surface area contributed by atoms with E-state index in [2.05, 4.69) is 5.32 Å². The number of benzene rings is 1. The molecule has 0 aliphatic carbocycles. The average molecular weight is 213 g/mol. The summed E-state index contributed by atoms with van der Waals surface area (Å²) in [4.78, 5) is 0. The predicted molar refractivity (Wildman–Crippen MR) is 52.7 cm³/mol. The number of rotatable bonds is 3. The molecule has 0 bridgehead atoms. The summed E-state index contributed by atoms with van der Waals surface area (Å²) >= 11 is 0. The van der Waals surface area contributed by atoms with Crippen LogP contribution in [-0.2, 0) is 10.8 Å². The molecule has 1 aromatic carbocycles. The maximum atomic E-state index is 13.6. The third kappa shape index (κ3) is 2.52. The molecule has 0 amide bonds. The van der Waals surface area contributed by atoms with Crippen LogP contribution in [0.2, 0.25) is 0 Å². The van der Waals surface area contributed by atoms with E-state index < -0.39 is 6.11 Å². The predicted octanol–water partition coefficient (Wildman–Crippen LogP) is 2.11. The molecule has 0 radical (unpaired) electrons. The van der Waals surface area contributed by atoms with Gasteiger partial charge in [0.2, 0.25) is 0 Å². The van der Waals surface area contributed by atoms with Gasteiger partial charge < -0.3 is 10.1 Å². The Kier molecular flexibility index (Phi) is 2.98. The molecule has 1 atom stereocenters. The number of nitrogens with one attached hydrogen (secondary N) is 1. The van der Waals surface area contributed by atoms with Gasteiger partial charge in [-0.3, -0.25) is 0 Å². The molecular formula is C11H13F2NO. The third-order valence-corrected chi connectivity index (χ3v) is 2.44. The lowest BCUT2D eigenvalue weighted by molar-refractivity contribution is -0.269. The van der Waals surface area contributed by atoms with Crippen LogP contribution in [0.3, 0.4) is 0 Å². The van der Waals surface area contributed by atoms with E-state index >= 15 is 0 Å². The molecule has 4 heteroatoms. The average Bonchev–Trinajstić information content (AvgIpc) is 2.71. The molecule has 0 aromatic heterocycles. The SMILES string of the molecule is FC(F)(OC1CCNC1)c1ccccc1. The van der Waals surface area contributed by atoms with Crippen LogP contribution in [0, 0.1) is 0 Å². The Hall–Kier alpha value is -1.00. The molecule has 15 heavy (non-hydrogen) atoms. The van der Waals surface area contributed by atoms with Crippen LogP contribution in [0.5, 0.6) is 0 Å². The Morgan fingerprint density at radius 2 is 2.00 bits per heavy atom. The molecule has 2 nitrogen and oxygen atoms in total. The quantitative estimate of drug-likeness (QED) is 0.830. The van der Waals surface area contributed by atoms with E-state index in [0.29, 0.717) is 13.0 Å². The first-order chi connectivity index (χ1) is 7.18. The molecule has 1 heterocycles. The van der Waals surface area contributed by atoms with Crippen LogP contribution >= 0.6 is 0 Å². The van der Waals surface area contributed by atoms with Crippen molar-refractivity contribution in [2.75, 3.05) is 13.1 Å². The normalized spacial score (nSPS) is 21.9. The standard InChI is InChI=1S/C11H13F2NO/c12-11(13,9-4-2-1-3-5-9)15-10-6-7-14-8-10/h1-5,10,14H,6-8H2. The first-order valence-corrected chi connectivity index (χ1v) is 5.00. The molecular weight excluding hydrogens is 200 g/mol. The Bertz CT molecular complexity index is 310. The zero-order valence-electron chi connectivity index (χ0n) is 8.25. The van der Waals surface area contributed by atoms with Crippen LogP contribution < -0.4 is 5.32 Å². The van der Waals surface area contributed by atoms with Crippen molar-refractivity contribution in [2.45, 2.75) is 18.6 Å². The second-order valence-electron chi connectivity index (χ2n) is 3.62. The lowest BCUT2D eigenvalue weighted by Crippen LogP contribution is -2.27. The summed E-state index contributed by atoms with van der Waals surface area (Å²) in [6.45, 7) is 1.25. The van der Waals surface area contributed by atoms with Gasteiger partial charge in [0.05, 0.1) is 11.7 Å². The van der Waals surface area contributed by atoms with Gasteiger partial charge in [0.15, 0.2) is 0 Å². The largest absolute Gasteiger partial charge is 0.383 e. The van der Waals surface area contributed by atoms with Gasteiger partial charge >= 0.3 is 6.11 Å². The van der Waals surface area contributed by atoms with Gasteiger partial charge in [-0.05, 0) is 13.0 Å². The van der Waals surface area contributed by atoms with E-state index in [4.69, 9.17) is 4.74 Å². The number of hydrogen-bond acceptors (Lipinski definition) is 2. The summed E-state index contributed by atoms with van der Waals surface area (Å²) in [7, 11) is 0. The fraction of sp³-hybridized carbons (Fsp3) is 0.455. The van der Waals surface area contributed by atoms with Crippen LogP contribution in [0.15, 0.2) is 30.3 Å². The van der Waals surface area contributed by atoms with Gasteiger partial charge in [-0.15, -0.1) is 0 Å². The zero-order valence-corrected chi connectivity index (χ0v) is 8.25. The zero-order chi connectivity index (χ0) is 10.7. The molecule has 1 N–H and O–H groups in total. The summed E-state index contributed by atoms with van der Waals surface area (Å²) in [6.07, 6.45) is -2.93. The minimum Gasteiger partial charge on any atom is -0.314 e. The summed E-state index contributed by atoms with van der Waals surface area (Å²) < 4.78 is 31.9. The molecule has 82 valence electrons. The number of ether oxygens (including phenoxy) is 1. The Labute approximate surface area is 87.2 Å². The maximum Gasteiger partial charge on any atom is 0.383 e. The molecule has 1 unspecified atom stereocenters. The van der Waals surface area contributed by atoms with E-state index in [1.165, 1.54) is 12.1 Å². The molecule has 0 spiro atoms. The van der Waals surface area contributed by atoms with Crippen molar-refractivity contribution in [1.82, 2.24) is 5.32 Å². The van der Waals surface area contributed by atoms with E-state index in [1.807, 2.05) is 0 Å². The highest BCUT2D eigenvalue weighted by molar-refractivity contribution is 5.17. The maximum absolute atomic E-state index is 13.6. The smallest absolute Gasteiger partial charge is 0.314 e. The molecule has 2 rings (SSSR count). The summed E-state index contributed by atoms with van der Waals surface area (Å²) in [5.74, 6) is 0. The van der Waals surface area contributed by atoms with Crippen molar-refractivity contribution >= 4 is 0 Å². The number of alkyl halides is 2. The molecule has 1 aliphatic heterocycles. The van der Waals surface area contributed by atoms with Crippen molar-refractivity contribution in [2.24, 2.45) is 0 Å². The monoisotopic (exact) mass is 213 g/mol. The second kappa shape index (κ2) is 4.24. The molecule has 1 fully saturated rings. The van der Waals surface area contributed by atoms with Gasteiger partial charge in [0.25, 0.3) is 0 Å². The van der Waals surface area contributed by atoms with Crippen molar-refractivity contribution in [3.05, 3.63) is 35.9 Å². The summed E-state index contributed by atoms with van der Waals surface area (Å²) in [6, 6.07) is 7.63. The van der Waals surface area contributed by atoms with Gasteiger partial charge in [-0.25, -0.2) is 0 Å². The molecule has 1 aliphatic rings. The molecule has 1 saturated heterocycles. The van der Waals surface area contributed by atoms with Gasteiger partial charge in [0, 0.05) is 6.54 Å². The lowest BCUT2D eigenvalue weighted by Gasteiger charge is -2.20.